The van der Waals surface area contributed by atoms with E-state index in [1.807, 2.05) is 6.26 Å². The van der Waals surface area contributed by atoms with Gasteiger partial charge in [-0.2, -0.15) is 0 Å². The molecule has 0 fully saturated rings. The van der Waals surface area contributed by atoms with Crippen molar-refractivity contribution in [3.05, 3.63) is 11.3 Å². The lowest BCUT2D eigenvalue weighted by Gasteiger charge is -2.03. The minimum Gasteiger partial charge on any atom is -0.383 e. The highest BCUT2D eigenvalue weighted by molar-refractivity contribution is 7.98. The molecule has 2 N–H and O–H groups in total. The van der Waals surface area contributed by atoms with E-state index in [1.54, 1.807) is 11.8 Å². The van der Waals surface area contributed by atoms with Gasteiger partial charge in [0, 0.05) is 5.56 Å². The quantitative estimate of drug-likeness (QED) is 0.523. The van der Waals surface area contributed by atoms with Crippen molar-refractivity contribution < 1.29 is 0 Å². The number of thioether (sulfide) groups is 1. The van der Waals surface area contributed by atoms with E-state index in [4.69, 9.17) is 5.73 Å². The molecule has 2 rings (SSSR count). The van der Waals surface area contributed by atoms with Crippen LogP contribution in [0.4, 0.5) is 5.82 Å². The molecule has 1 aliphatic carbocycles. The van der Waals surface area contributed by atoms with Crippen molar-refractivity contribution in [1.29, 1.82) is 0 Å². The first-order valence-corrected chi connectivity index (χ1v) is 5.23. The van der Waals surface area contributed by atoms with E-state index < -0.39 is 0 Å². The molecule has 64 valence electrons. The average Bonchev–Trinajstić information content (AvgIpc) is 2.52. The Balaban J connectivity index is 2.51. The highest BCUT2D eigenvalue weighted by Crippen LogP contribution is 2.25. The molecule has 0 unspecified atom stereocenters. The molecule has 0 aliphatic heterocycles. The standard InChI is InChI=1S/C8H11N3S/c1-12-8-10-6-4-2-3-5(6)7(9)11-8/h2-4H2,1H3,(H2,9,10,11). The minimum absolute atomic E-state index is 0.682. The fourth-order valence-corrected chi connectivity index (χ4v) is 1.92. The van der Waals surface area contributed by atoms with Crippen molar-refractivity contribution in [2.45, 2.75) is 24.4 Å². The summed E-state index contributed by atoms with van der Waals surface area (Å²) in [5.41, 5.74) is 8.12. The van der Waals surface area contributed by atoms with E-state index in [-0.39, 0.29) is 0 Å². The van der Waals surface area contributed by atoms with Crippen LogP contribution < -0.4 is 5.73 Å². The number of anilines is 1. The Labute approximate surface area is 75.8 Å². The monoisotopic (exact) mass is 181 g/mol. The molecule has 0 saturated carbocycles. The molecule has 4 heteroatoms. The maximum Gasteiger partial charge on any atom is 0.189 e. The van der Waals surface area contributed by atoms with Crippen LogP contribution in [0.5, 0.6) is 0 Å². The van der Waals surface area contributed by atoms with Crippen molar-refractivity contribution in [3.8, 4) is 0 Å². The molecule has 0 amide bonds. The van der Waals surface area contributed by atoms with Gasteiger partial charge in [0.1, 0.15) is 5.82 Å². The lowest BCUT2D eigenvalue weighted by Crippen LogP contribution is -2.01. The van der Waals surface area contributed by atoms with E-state index in [9.17, 15) is 0 Å². The molecule has 0 aromatic carbocycles. The Bertz CT molecular complexity index is 311. The third-order valence-corrected chi connectivity index (χ3v) is 2.67. The molecule has 1 aromatic rings. The zero-order valence-electron chi connectivity index (χ0n) is 7.00. The molecule has 3 nitrogen and oxygen atoms in total. The Morgan fingerprint density at radius 3 is 2.92 bits per heavy atom. The van der Waals surface area contributed by atoms with Crippen LogP contribution in [0.25, 0.3) is 0 Å². The molecular formula is C8H11N3S. The second-order valence-corrected chi connectivity index (χ2v) is 3.65. The van der Waals surface area contributed by atoms with Crippen molar-refractivity contribution in [3.63, 3.8) is 0 Å². The Hall–Kier alpha value is -0.770. The highest BCUT2D eigenvalue weighted by atomic mass is 32.2. The van der Waals surface area contributed by atoms with Gasteiger partial charge in [0.15, 0.2) is 5.16 Å². The van der Waals surface area contributed by atoms with Crippen LogP contribution in [0.3, 0.4) is 0 Å². The van der Waals surface area contributed by atoms with E-state index in [2.05, 4.69) is 9.97 Å². The molecule has 0 atom stereocenters. The summed E-state index contributed by atoms with van der Waals surface area (Å²) < 4.78 is 0. The summed E-state index contributed by atoms with van der Waals surface area (Å²) >= 11 is 1.55. The predicted octanol–water partition coefficient (Wildman–Crippen LogP) is 1.27. The topological polar surface area (TPSA) is 51.8 Å². The molecular weight excluding hydrogens is 170 g/mol. The summed E-state index contributed by atoms with van der Waals surface area (Å²) in [5, 5.41) is 0.799. The molecule has 0 radical (unpaired) electrons. The molecule has 1 aromatic heterocycles. The summed E-state index contributed by atoms with van der Waals surface area (Å²) in [4.78, 5) is 8.60. The first-order valence-electron chi connectivity index (χ1n) is 4.00. The predicted molar refractivity (Wildman–Crippen MR) is 50.3 cm³/mol. The second kappa shape index (κ2) is 2.94. The van der Waals surface area contributed by atoms with Crippen molar-refractivity contribution >= 4 is 17.6 Å². The van der Waals surface area contributed by atoms with Crippen LogP contribution in [0.2, 0.25) is 0 Å². The van der Waals surface area contributed by atoms with E-state index >= 15 is 0 Å². The Kier molecular flexibility index (Phi) is 1.92. The summed E-state index contributed by atoms with van der Waals surface area (Å²) in [5.74, 6) is 0.682. The zero-order chi connectivity index (χ0) is 8.55. The van der Waals surface area contributed by atoms with Crippen molar-refractivity contribution in [1.82, 2.24) is 9.97 Å². The molecule has 1 aliphatic rings. The summed E-state index contributed by atoms with van der Waals surface area (Å²) in [6.45, 7) is 0. The molecule has 1 heterocycles. The van der Waals surface area contributed by atoms with Crippen LogP contribution in [0.15, 0.2) is 5.16 Å². The number of fused-ring (bicyclic) bond motifs is 1. The van der Waals surface area contributed by atoms with Gasteiger partial charge in [0.2, 0.25) is 0 Å². The van der Waals surface area contributed by atoms with Gasteiger partial charge < -0.3 is 5.73 Å². The van der Waals surface area contributed by atoms with E-state index in [0.717, 1.165) is 23.7 Å². The highest BCUT2D eigenvalue weighted by Gasteiger charge is 2.16. The third kappa shape index (κ3) is 1.16. The summed E-state index contributed by atoms with van der Waals surface area (Å²) in [7, 11) is 0. The molecule has 12 heavy (non-hydrogen) atoms. The molecule has 0 saturated heterocycles. The van der Waals surface area contributed by atoms with Gasteiger partial charge in [0.25, 0.3) is 0 Å². The zero-order valence-corrected chi connectivity index (χ0v) is 7.82. The fraction of sp³-hybridized carbons (Fsp3) is 0.500. The number of nitrogens with zero attached hydrogens (tertiary/aromatic N) is 2. The number of aromatic nitrogens is 2. The number of aryl methyl sites for hydroxylation is 1. The maximum absolute atomic E-state index is 5.78. The smallest absolute Gasteiger partial charge is 0.189 e. The summed E-state index contributed by atoms with van der Waals surface area (Å²) in [6, 6.07) is 0. The van der Waals surface area contributed by atoms with Gasteiger partial charge in [-0.3, -0.25) is 0 Å². The van der Waals surface area contributed by atoms with Crippen LogP contribution in [-0.2, 0) is 12.8 Å². The number of nitrogens with two attached hydrogens (primary N) is 1. The summed E-state index contributed by atoms with van der Waals surface area (Å²) in [6.07, 6.45) is 5.26. The first-order chi connectivity index (χ1) is 5.81. The Morgan fingerprint density at radius 2 is 2.17 bits per heavy atom. The van der Waals surface area contributed by atoms with E-state index in [0.29, 0.717) is 5.82 Å². The van der Waals surface area contributed by atoms with Gasteiger partial charge in [-0.1, -0.05) is 11.8 Å². The molecule has 0 spiro atoms. The van der Waals surface area contributed by atoms with E-state index in [1.165, 1.54) is 12.0 Å². The van der Waals surface area contributed by atoms with Gasteiger partial charge in [-0.05, 0) is 25.5 Å². The van der Waals surface area contributed by atoms with Crippen LogP contribution in [0.1, 0.15) is 17.7 Å². The van der Waals surface area contributed by atoms with Gasteiger partial charge in [0.05, 0.1) is 5.69 Å². The molecule has 0 bridgehead atoms. The lowest BCUT2D eigenvalue weighted by atomic mass is 10.2. The average molecular weight is 181 g/mol. The van der Waals surface area contributed by atoms with Crippen LogP contribution in [-0.4, -0.2) is 16.2 Å². The largest absolute Gasteiger partial charge is 0.383 e. The van der Waals surface area contributed by atoms with Crippen molar-refractivity contribution in [2.75, 3.05) is 12.0 Å². The van der Waals surface area contributed by atoms with Crippen molar-refractivity contribution in [2.24, 2.45) is 0 Å². The maximum atomic E-state index is 5.78. The lowest BCUT2D eigenvalue weighted by molar-refractivity contribution is 0.879. The SMILES string of the molecule is CSc1nc(N)c2c(n1)CCC2. The number of nitrogen functional groups attached to an aromatic ring is 1. The van der Waals surface area contributed by atoms with Crippen LogP contribution in [0, 0.1) is 0 Å². The number of hydrogen-bond donors (Lipinski definition) is 1. The van der Waals surface area contributed by atoms with Gasteiger partial charge in [-0.15, -0.1) is 0 Å². The Morgan fingerprint density at radius 1 is 1.33 bits per heavy atom. The van der Waals surface area contributed by atoms with Crippen LogP contribution >= 0.6 is 11.8 Å². The fourth-order valence-electron chi connectivity index (χ4n) is 1.53. The normalized spacial score (nSPS) is 14.8. The van der Waals surface area contributed by atoms with Gasteiger partial charge >= 0.3 is 0 Å². The van der Waals surface area contributed by atoms with Gasteiger partial charge in [-0.25, -0.2) is 9.97 Å². The second-order valence-electron chi connectivity index (χ2n) is 2.87. The minimum atomic E-state index is 0.682. The first kappa shape index (κ1) is 7.86. The number of rotatable bonds is 1. The number of hydrogen-bond acceptors (Lipinski definition) is 4. The third-order valence-electron chi connectivity index (χ3n) is 2.13.